The molecule has 1 aliphatic carbocycles. The van der Waals surface area contributed by atoms with Crippen molar-refractivity contribution in [1.29, 1.82) is 0 Å². The highest BCUT2D eigenvalue weighted by Crippen LogP contribution is 2.52. The van der Waals surface area contributed by atoms with Gasteiger partial charge in [0.1, 0.15) is 5.75 Å². The summed E-state index contributed by atoms with van der Waals surface area (Å²) in [6.45, 7) is 4.31. The smallest absolute Gasteiger partial charge is 0.273 e. The second-order valence-corrected chi connectivity index (χ2v) is 10.6. The van der Waals surface area contributed by atoms with Gasteiger partial charge >= 0.3 is 0 Å². The van der Waals surface area contributed by atoms with Crippen molar-refractivity contribution in [3.05, 3.63) is 93.7 Å². The standard InChI is InChI=1S/C30H27N3O4/c1-30(2)15-21-27-19-7-5-4-6-17(19)8-11-23(27)32-29(28(21)25(34)16-30)24-13-12-22(31-24)20-10-9-18(33(35)36)14-26(20)37-3/h4-14,29,31-32H,15-16H2,1-3H3. The van der Waals surface area contributed by atoms with Gasteiger partial charge in [0, 0.05) is 46.3 Å². The summed E-state index contributed by atoms with van der Waals surface area (Å²) in [5, 5.41) is 17.2. The molecule has 2 N–H and O–H groups in total. The first-order chi connectivity index (χ1) is 17.8. The first-order valence-electron chi connectivity index (χ1n) is 12.3. The van der Waals surface area contributed by atoms with Gasteiger partial charge in [0.15, 0.2) is 5.78 Å². The molecule has 7 nitrogen and oxygen atoms in total. The molecule has 186 valence electrons. The van der Waals surface area contributed by atoms with E-state index in [0.29, 0.717) is 17.7 Å². The van der Waals surface area contributed by atoms with Crippen LogP contribution in [0.2, 0.25) is 0 Å². The predicted molar refractivity (Wildman–Crippen MR) is 145 cm³/mol. The molecule has 1 aromatic heterocycles. The van der Waals surface area contributed by atoms with E-state index in [1.807, 2.05) is 24.3 Å². The maximum absolute atomic E-state index is 13.7. The van der Waals surface area contributed by atoms with E-state index in [4.69, 9.17) is 4.74 Å². The van der Waals surface area contributed by atoms with E-state index >= 15 is 0 Å². The first-order valence-corrected chi connectivity index (χ1v) is 12.3. The van der Waals surface area contributed by atoms with Gasteiger partial charge in [-0.15, -0.1) is 0 Å². The van der Waals surface area contributed by atoms with Crippen LogP contribution in [0.4, 0.5) is 11.4 Å². The molecule has 2 aliphatic rings. The van der Waals surface area contributed by atoms with Crippen molar-refractivity contribution in [1.82, 2.24) is 4.98 Å². The Hall–Kier alpha value is -4.39. The molecule has 37 heavy (non-hydrogen) atoms. The van der Waals surface area contributed by atoms with Crippen LogP contribution in [0, 0.1) is 15.5 Å². The number of carbonyl (C=O) groups excluding carboxylic acids is 1. The molecule has 3 aromatic carbocycles. The number of nitro groups is 1. The predicted octanol–water partition coefficient (Wildman–Crippen LogP) is 7.06. The lowest BCUT2D eigenvalue weighted by molar-refractivity contribution is -0.384. The van der Waals surface area contributed by atoms with Crippen LogP contribution in [0.5, 0.6) is 5.75 Å². The van der Waals surface area contributed by atoms with E-state index in [-0.39, 0.29) is 22.9 Å². The molecule has 0 radical (unpaired) electrons. The molecular formula is C30H27N3O4. The number of Topliss-reactive ketones (excluding diaryl/α,β-unsaturated/α-hetero) is 1. The third kappa shape index (κ3) is 3.78. The second-order valence-electron chi connectivity index (χ2n) is 10.6. The number of allylic oxidation sites excluding steroid dienone is 1. The summed E-state index contributed by atoms with van der Waals surface area (Å²) in [7, 11) is 1.50. The van der Waals surface area contributed by atoms with E-state index in [1.54, 1.807) is 6.07 Å². The number of nitrogens with zero attached hydrogens (tertiary/aromatic N) is 1. The molecule has 1 aliphatic heterocycles. The molecule has 0 fully saturated rings. The number of ketones is 1. The Morgan fingerprint density at radius 2 is 1.84 bits per heavy atom. The summed E-state index contributed by atoms with van der Waals surface area (Å²) in [6.07, 6.45) is 1.31. The van der Waals surface area contributed by atoms with Crippen molar-refractivity contribution >= 4 is 33.5 Å². The van der Waals surface area contributed by atoms with Crippen molar-refractivity contribution in [2.75, 3.05) is 12.4 Å². The number of non-ortho nitro benzene ring substituents is 1. The maximum Gasteiger partial charge on any atom is 0.273 e. The van der Waals surface area contributed by atoms with Gasteiger partial charge in [0.05, 0.1) is 24.1 Å². The number of anilines is 1. The summed E-state index contributed by atoms with van der Waals surface area (Å²) >= 11 is 0. The number of aromatic nitrogens is 1. The molecule has 0 bridgehead atoms. The minimum Gasteiger partial charge on any atom is -0.496 e. The molecule has 0 spiro atoms. The molecular weight excluding hydrogens is 466 g/mol. The van der Waals surface area contributed by atoms with Crippen molar-refractivity contribution < 1.29 is 14.5 Å². The van der Waals surface area contributed by atoms with Gasteiger partial charge in [0.25, 0.3) is 5.69 Å². The summed E-state index contributed by atoms with van der Waals surface area (Å²) in [5.74, 6) is 0.567. The lowest BCUT2D eigenvalue weighted by Gasteiger charge is -2.39. The molecule has 0 saturated carbocycles. The van der Waals surface area contributed by atoms with Crippen LogP contribution in [-0.4, -0.2) is 22.8 Å². The largest absolute Gasteiger partial charge is 0.496 e. The Morgan fingerprint density at radius 1 is 1.03 bits per heavy atom. The Kier molecular flexibility index (Phi) is 5.19. The fourth-order valence-corrected chi connectivity index (χ4v) is 5.82. The van der Waals surface area contributed by atoms with Gasteiger partial charge in [-0.2, -0.15) is 0 Å². The van der Waals surface area contributed by atoms with Gasteiger partial charge in [-0.05, 0) is 52.4 Å². The van der Waals surface area contributed by atoms with Crippen LogP contribution < -0.4 is 10.1 Å². The SMILES string of the molecule is COc1cc([N+](=O)[O-])ccc1-c1ccc(C2Nc3ccc4ccccc4c3C3=C2C(=O)CC(C)(C)C3)[nH]1. The van der Waals surface area contributed by atoms with E-state index in [0.717, 1.165) is 51.0 Å². The third-order valence-corrected chi connectivity index (χ3v) is 7.44. The summed E-state index contributed by atoms with van der Waals surface area (Å²) in [6, 6.07) is 20.6. The number of fused-ring (bicyclic) bond motifs is 4. The highest BCUT2D eigenvalue weighted by Gasteiger charge is 2.41. The van der Waals surface area contributed by atoms with Crippen molar-refractivity contribution in [2.45, 2.75) is 32.7 Å². The fraction of sp³-hybridized carbons (Fsp3) is 0.233. The minimum atomic E-state index is -0.441. The number of benzene rings is 3. The summed E-state index contributed by atoms with van der Waals surface area (Å²) in [5.41, 5.74) is 6.23. The third-order valence-electron chi connectivity index (χ3n) is 7.44. The van der Waals surface area contributed by atoms with Gasteiger partial charge in [-0.3, -0.25) is 14.9 Å². The van der Waals surface area contributed by atoms with E-state index in [2.05, 4.69) is 48.4 Å². The Labute approximate surface area is 214 Å². The molecule has 6 rings (SSSR count). The van der Waals surface area contributed by atoms with Gasteiger partial charge in [0.2, 0.25) is 0 Å². The molecule has 0 amide bonds. The van der Waals surface area contributed by atoms with Crippen LogP contribution in [-0.2, 0) is 4.79 Å². The zero-order chi connectivity index (χ0) is 25.9. The minimum absolute atomic E-state index is 0.0321. The van der Waals surface area contributed by atoms with Crippen LogP contribution in [0.3, 0.4) is 0 Å². The van der Waals surface area contributed by atoms with Crippen LogP contribution in [0.25, 0.3) is 27.6 Å². The summed E-state index contributed by atoms with van der Waals surface area (Å²) < 4.78 is 5.46. The number of carbonyl (C=O) groups is 1. The average molecular weight is 494 g/mol. The lowest BCUT2D eigenvalue weighted by atomic mass is 9.68. The highest BCUT2D eigenvalue weighted by atomic mass is 16.6. The molecule has 2 heterocycles. The quantitative estimate of drug-likeness (QED) is 0.234. The zero-order valence-electron chi connectivity index (χ0n) is 20.9. The van der Waals surface area contributed by atoms with Crippen LogP contribution in [0.1, 0.15) is 44.0 Å². The molecule has 7 heteroatoms. The van der Waals surface area contributed by atoms with E-state index in [1.165, 1.54) is 19.2 Å². The normalized spacial score (nSPS) is 18.2. The molecule has 1 unspecified atom stereocenters. The number of ether oxygens (including phenoxy) is 1. The number of aromatic amines is 1. The Balaban J connectivity index is 1.49. The van der Waals surface area contributed by atoms with E-state index < -0.39 is 4.92 Å². The van der Waals surface area contributed by atoms with Crippen LogP contribution >= 0.6 is 0 Å². The highest BCUT2D eigenvalue weighted by molar-refractivity contribution is 6.12. The summed E-state index contributed by atoms with van der Waals surface area (Å²) in [4.78, 5) is 27.9. The number of H-pyrrole nitrogens is 1. The fourth-order valence-electron chi connectivity index (χ4n) is 5.82. The lowest BCUT2D eigenvalue weighted by Crippen LogP contribution is -2.33. The van der Waals surface area contributed by atoms with Gasteiger partial charge in [-0.1, -0.05) is 44.2 Å². The zero-order valence-corrected chi connectivity index (χ0v) is 20.9. The average Bonchev–Trinajstić information content (AvgIpc) is 3.36. The second kappa shape index (κ2) is 8.34. The number of rotatable bonds is 4. The van der Waals surface area contributed by atoms with Crippen LogP contribution in [0.15, 0.2) is 72.3 Å². The van der Waals surface area contributed by atoms with Gasteiger partial charge < -0.3 is 15.0 Å². The van der Waals surface area contributed by atoms with Crippen molar-refractivity contribution in [3.63, 3.8) is 0 Å². The Morgan fingerprint density at radius 3 is 2.62 bits per heavy atom. The topological polar surface area (TPSA) is 97.3 Å². The molecule has 1 atom stereocenters. The number of methoxy groups -OCH3 is 1. The van der Waals surface area contributed by atoms with Crippen molar-refractivity contribution in [3.8, 4) is 17.0 Å². The molecule has 4 aromatic rings. The first kappa shape index (κ1) is 23.0. The number of nitro benzene ring substituents is 1. The Bertz CT molecular complexity index is 1630. The van der Waals surface area contributed by atoms with Gasteiger partial charge in [-0.25, -0.2) is 0 Å². The number of nitrogens with one attached hydrogen (secondary N) is 2. The number of hydrogen-bond acceptors (Lipinski definition) is 5. The molecule has 0 saturated heterocycles. The monoisotopic (exact) mass is 493 g/mol. The van der Waals surface area contributed by atoms with E-state index in [9.17, 15) is 14.9 Å². The number of hydrogen-bond donors (Lipinski definition) is 2. The van der Waals surface area contributed by atoms with Crippen molar-refractivity contribution in [2.24, 2.45) is 5.41 Å². The maximum atomic E-state index is 13.7.